The van der Waals surface area contributed by atoms with E-state index in [4.69, 9.17) is 0 Å². The lowest BCUT2D eigenvalue weighted by atomic mass is 9.78. The molecule has 33 heavy (non-hydrogen) atoms. The van der Waals surface area contributed by atoms with E-state index >= 15 is 0 Å². The number of aryl methyl sites for hydroxylation is 1. The fraction of sp³-hybridized carbons (Fsp3) is 0.286. The summed E-state index contributed by atoms with van der Waals surface area (Å²) in [5.74, 6) is -0.376. The topological polar surface area (TPSA) is 49.4 Å². The molecule has 0 aliphatic carbocycles. The Morgan fingerprint density at radius 3 is 2.33 bits per heavy atom. The average molecular weight is 445 g/mol. The summed E-state index contributed by atoms with van der Waals surface area (Å²) in [4.78, 5) is 27.8. The van der Waals surface area contributed by atoms with E-state index < -0.39 is 5.41 Å². The van der Waals surface area contributed by atoms with E-state index in [0.29, 0.717) is 37.9 Å². The minimum Gasteiger partial charge on any atom is -0.359 e. The third-order valence-corrected chi connectivity index (χ3v) is 6.61. The van der Waals surface area contributed by atoms with E-state index in [1.54, 1.807) is 30.1 Å². The first-order chi connectivity index (χ1) is 16.0. The first kappa shape index (κ1) is 22.7. The smallest absolute Gasteiger partial charge is 0.228 e. The zero-order valence-electron chi connectivity index (χ0n) is 18.9. The van der Waals surface area contributed by atoms with Gasteiger partial charge in [0.05, 0.1) is 5.41 Å². The molecule has 1 aliphatic heterocycles. The second kappa shape index (κ2) is 9.99. The number of hydrogen-bond acceptors (Lipinski definition) is 2. The molecule has 0 spiro atoms. The number of likely N-dealkylation sites (tertiary alicyclic amines) is 1. The van der Waals surface area contributed by atoms with E-state index in [1.807, 2.05) is 30.3 Å². The second-order valence-corrected chi connectivity index (χ2v) is 8.72. The predicted octanol–water partition coefficient (Wildman–Crippen LogP) is 4.63. The van der Waals surface area contributed by atoms with Crippen molar-refractivity contribution in [1.29, 1.82) is 0 Å². The largest absolute Gasteiger partial charge is 0.359 e. The average Bonchev–Trinajstić information content (AvgIpc) is 3.29. The summed E-state index contributed by atoms with van der Waals surface area (Å²) in [6.07, 6.45) is 1.73. The summed E-state index contributed by atoms with van der Waals surface area (Å²) in [5.41, 5.74) is 3.15. The number of amides is 2. The maximum atomic E-state index is 13.9. The number of hydrogen-bond donors (Lipinski definition) is 1. The molecular formula is C28H29FN2O2. The van der Waals surface area contributed by atoms with Crippen LogP contribution in [0.5, 0.6) is 0 Å². The van der Waals surface area contributed by atoms with Crippen molar-refractivity contribution in [2.75, 3.05) is 20.1 Å². The van der Waals surface area contributed by atoms with Crippen LogP contribution in [0.4, 0.5) is 4.39 Å². The summed E-state index contributed by atoms with van der Waals surface area (Å²) < 4.78 is 13.9. The summed E-state index contributed by atoms with van der Waals surface area (Å²) in [7, 11) is 1.65. The molecule has 5 heteroatoms. The second-order valence-electron chi connectivity index (χ2n) is 8.72. The van der Waals surface area contributed by atoms with E-state index in [9.17, 15) is 14.0 Å². The Kier molecular flexibility index (Phi) is 6.87. The predicted molar refractivity (Wildman–Crippen MR) is 128 cm³/mol. The van der Waals surface area contributed by atoms with Crippen LogP contribution in [0.15, 0.2) is 78.9 Å². The molecule has 1 fully saturated rings. The van der Waals surface area contributed by atoms with Crippen LogP contribution in [0.25, 0.3) is 11.1 Å². The zero-order chi connectivity index (χ0) is 23.3. The van der Waals surface area contributed by atoms with Crippen LogP contribution in [0, 0.1) is 11.2 Å². The van der Waals surface area contributed by atoms with Crippen molar-refractivity contribution in [3.05, 3.63) is 95.8 Å². The first-order valence-electron chi connectivity index (χ1n) is 11.4. The molecule has 0 radical (unpaired) electrons. The number of carbonyl (C=O) groups is 2. The van der Waals surface area contributed by atoms with Crippen LogP contribution < -0.4 is 5.32 Å². The minimum atomic E-state index is -0.687. The lowest BCUT2D eigenvalue weighted by molar-refractivity contribution is -0.133. The fourth-order valence-electron chi connectivity index (χ4n) is 4.80. The Morgan fingerprint density at radius 1 is 0.939 bits per heavy atom. The van der Waals surface area contributed by atoms with Crippen molar-refractivity contribution in [3.8, 4) is 11.1 Å². The highest BCUT2D eigenvalue weighted by molar-refractivity contribution is 5.86. The quantitative estimate of drug-likeness (QED) is 0.578. The lowest BCUT2D eigenvalue weighted by Gasteiger charge is -2.28. The van der Waals surface area contributed by atoms with Gasteiger partial charge in [-0.1, -0.05) is 72.8 Å². The van der Waals surface area contributed by atoms with Gasteiger partial charge in [-0.3, -0.25) is 9.59 Å². The lowest BCUT2D eigenvalue weighted by Crippen LogP contribution is -2.44. The van der Waals surface area contributed by atoms with E-state index in [1.165, 1.54) is 6.07 Å². The maximum absolute atomic E-state index is 13.9. The summed E-state index contributed by atoms with van der Waals surface area (Å²) in [6.45, 7) is 0.892. The van der Waals surface area contributed by atoms with E-state index in [0.717, 1.165) is 16.7 Å². The molecule has 1 aliphatic rings. The molecule has 0 aromatic heterocycles. The van der Waals surface area contributed by atoms with Crippen molar-refractivity contribution in [2.45, 2.75) is 25.7 Å². The minimum absolute atomic E-state index is 0.0413. The van der Waals surface area contributed by atoms with Crippen LogP contribution in [-0.4, -0.2) is 36.9 Å². The molecule has 1 unspecified atom stereocenters. The van der Waals surface area contributed by atoms with Crippen molar-refractivity contribution >= 4 is 11.8 Å². The number of nitrogens with one attached hydrogen (secondary N) is 1. The van der Waals surface area contributed by atoms with E-state index in [2.05, 4.69) is 29.6 Å². The van der Waals surface area contributed by atoms with Gasteiger partial charge in [0.15, 0.2) is 0 Å². The number of carbonyl (C=O) groups excluding carboxylic acids is 2. The summed E-state index contributed by atoms with van der Waals surface area (Å²) in [6, 6.07) is 24.8. The van der Waals surface area contributed by atoms with Gasteiger partial charge in [0.25, 0.3) is 0 Å². The molecule has 1 heterocycles. The molecule has 2 amide bonds. The van der Waals surface area contributed by atoms with E-state index in [-0.39, 0.29) is 24.1 Å². The highest BCUT2D eigenvalue weighted by Crippen LogP contribution is 2.37. The molecule has 170 valence electrons. The third kappa shape index (κ3) is 4.98. The van der Waals surface area contributed by atoms with Gasteiger partial charge >= 0.3 is 0 Å². The fourth-order valence-corrected chi connectivity index (χ4v) is 4.80. The highest BCUT2D eigenvalue weighted by atomic mass is 19.1. The number of benzene rings is 3. The van der Waals surface area contributed by atoms with Crippen LogP contribution in [0.3, 0.4) is 0 Å². The normalized spacial score (nSPS) is 17.7. The number of halogens is 1. The SMILES string of the molecule is CNC(=O)C1(Cc2ccccc2-c2ccccc2)CCN(C(=O)CCc2ccccc2F)C1. The van der Waals surface area contributed by atoms with Crippen LogP contribution in [-0.2, 0) is 22.4 Å². The van der Waals surface area contributed by atoms with Gasteiger partial charge < -0.3 is 10.2 Å². The standard InChI is InChI=1S/C28H29FN2O2/c1-30-27(33)28(19-23-12-5-7-13-24(23)21-9-3-2-4-10-21)17-18-31(20-28)26(32)16-15-22-11-6-8-14-25(22)29/h2-14H,15-20H2,1H3,(H,30,33). The van der Waals surface area contributed by atoms with Gasteiger partial charge in [-0.05, 0) is 47.6 Å². The molecule has 4 nitrogen and oxygen atoms in total. The van der Waals surface area contributed by atoms with Crippen molar-refractivity contribution < 1.29 is 14.0 Å². The Bertz CT molecular complexity index is 1130. The van der Waals surface area contributed by atoms with Crippen LogP contribution >= 0.6 is 0 Å². The van der Waals surface area contributed by atoms with Gasteiger partial charge in [-0.2, -0.15) is 0 Å². The number of nitrogens with zero attached hydrogens (tertiary/aromatic N) is 1. The molecule has 1 saturated heterocycles. The molecular weight excluding hydrogens is 415 g/mol. The van der Waals surface area contributed by atoms with Gasteiger partial charge in [-0.15, -0.1) is 0 Å². The molecule has 1 atom stereocenters. The maximum Gasteiger partial charge on any atom is 0.228 e. The third-order valence-electron chi connectivity index (χ3n) is 6.61. The van der Waals surface area contributed by atoms with Crippen LogP contribution in [0.1, 0.15) is 24.0 Å². The Hall–Kier alpha value is -3.47. The number of rotatable bonds is 7. The van der Waals surface area contributed by atoms with Gasteiger partial charge in [0, 0.05) is 26.6 Å². The van der Waals surface area contributed by atoms with Crippen LogP contribution in [0.2, 0.25) is 0 Å². The molecule has 3 aromatic carbocycles. The first-order valence-corrected chi connectivity index (χ1v) is 11.4. The molecule has 0 bridgehead atoms. The highest BCUT2D eigenvalue weighted by Gasteiger charge is 2.45. The monoisotopic (exact) mass is 444 g/mol. The Balaban J connectivity index is 1.52. The van der Waals surface area contributed by atoms with Crippen molar-refractivity contribution in [2.24, 2.45) is 5.41 Å². The summed E-state index contributed by atoms with van der Waals surface area (Å²) >= 11 is 0. The zero-order valence-corrected chi connectivity index (χ0v) is 18.9. The summed E-state index contributed by atoms with van der Waals surface area (Å²) in [5, 5.41) is 2.83. The molecule has 0 saturated carbocycles. The van der Waals surface area contributed by atoms with Gasteiger partial charge in [0.1, 0.15) is 5.82 Å². The van der Waals surface area contributed by atoms with Gasteiger partial charge in [0.2, 0.25) is 11.8 Å². The van der Waals surface area contributed by atoms with Crippen molar-refractivity contribution in [1.82, 2.24) is 10.2 Å². The molecule has 4 rings (SSSR count). The van der Waals surface area contributed by atoms with Crippen molar-refractivity contribution in [3.63, 3.8) is 0 Å². The molecule has 3 aromatic rings. The Morgan fingerprint density at radius 2 is 1.61 bits per heavy atom. The van der Waals surface area contributed by atoms with Gasteiger partial charge in [-0.25, -0.2) is 4.39 Å². The Labute approximate surface area is 194 Å². The molecule has 1 N–H and O–H groups in total.